The summed E-state index contributed by atoms with van der Waals surface area (Å²) >= 11 is 0. The van der Waals surface area contributed by atoms with Gasteiger partial charge in [-0.3, -0.25) is 0 Å². The van der Waals surface area contributed by atoms with E-state index in [0.29, 0.717) is 0 Å². The molecule has 104 valence electrons. The first-order valence-electron chi connectivity index (χ1n) is 6.00. The number of hydrogen-bond donors (Lipinski definition) is 4. The summed E-state index contributed by atoms with van der Waals surface area (Å²) in [4.78, 5) is 24.3. The number of carboxylic acid groups (broad SMARTS) is 1. The van der Waals surface area contributed by atoms with Crippen molar-refractivity contribution < 1.29 is 19.8 Å². The summed E-state index contributed by atoms with van der Waals surface area (Å²) in [5, 5.41) is 23.2. The minimum Gasteiger partial charge on any atom is -0.479 e. The molecule has 1 heterocycles. The van der Waals surface area contributed by atoms with Crippen molar-refractivity contribution in [1.82, 2.24) is 15.5 Å². The van der Waals surface area contributed by atoms with Crippen LogP contribution in [0, 0.1) is 0 Å². The molecule has 0 spiro atoms. The van der Waals surface area contributed by atoms with Gasteiger partial charge >= 0.3 is 12.0 Å². The lowest BCUT2D eigenvalue weighted by atomic mass is 10.1. The van der Waals surface area contributed by atoms with Gasteiger partial charge in [-0.15, -0.1) is 0 Å². The topological polar surface area (TPSA) is 102 Å². The van der Waals surface area contributed by atoms with Crippen LogP contribution >= 0.6 is 0 Å². The largest absolute Gasteiger partial charge is 0.479 e. The number of nitrogens with zero attached hydrogens (tertiary/aromatic N) is 1. The van der Waals surface area contributed by atoms with Gasteiger partial charge in [0.05, 0.1) is 6.54 Å². The van der Waals surface area contributed by atoms with Gasteiger partial charge in [0.15, 0.2) is 5.60 Å². The van der Waals surface area contributed by atoms with Crippen LogP contribution in [0.2, 0.25) is 0 Å². The van der Waals surface area contributed by atoms with Gasteiger partial charge in [0.1, 0.15) is 0 Å². The Morgan fingerprint density at radius 2 is 1.94 bits per heavy atom. The quantitative estimate of drug-likeness (QED) is 0.530. The van der Waals surface area contributed by atoms with E-state index >= 15 is 0 Å². The molecule has 1 aliphatic heterocycles. The summed E-state index contributed by atoms with van der Waals surface area (Å²) in [6, 6.07) is -0.331. The molecule has 0 aromatic heterocycles. The SMILES string of the molecule is CN1CCC(NC(=O)NCC(C)(O)C(=O)O)CC1. The van der Waals surface area contributed by atoms with Crippen molar-refractivity contribution in [3.63, 3.8) is 0 Å². The van der Waals surface area contributed by atoms with E-state index < -0.39 is 17.6 Å². The first kappa shape index (κ1) is 14.7. The molecular weight excluding hydrogens is 238 g/mol. The number of likely N-dealkylation sites (tertiary alicyclic amines) is 1. The van der Waals surface area contributed by atoms with E-state index in [2.05, 4.69) is 15.5 Å². The number of carbonyl (C=O) groups excluding carboxylic acids is 1. The smallest absolute Gasteiger partial charge is 0.337 e. The van der Waals surface area contributed by atoms with Crippen LogP contribution in [0.5, 0.6) is 0 Å². The molecule has 2 amide bonds. The molecule has 0 saturated carbocycles. The molecule has 1 atom stereocenters. The average Bonchev–Trinajstić information content (AvgIpc) is 2.29. The molecule has 7 nitrogen and oxygen atoms in total. The van der Waals surface area contributed by atoms with Crippen molar-refractivity contribution in [3.8, 4) is 0 Å². The van der Waals surface area contributed by atoms with Crippen molar-refractivity contribution in [3.05, 3.63) is 0 Å². The number of carbonyl (C=O) groups is 2. The molecule has 1 fully saturated rings. The van der Waals surface area contributed by atoms with Gasteiger partial charge in [-0.1, -0.05) is 0 Å². The van der Waals surface area contributed by atoms with Crippen LogP contribution in [0.25, 0.3) is 0 Å². The van der Waals surface area contributed by atoms with Crippen LogP contribution < -0.4 is 10.6 Å². The molecule has 0 radical (unpaired) electrons. The maximum Gasteiger partial charge on any atom is 0.337 e. The molecule has 0 bridgehead atoms. The number of amides is 2. The molecule has 7 heteroatoms. The number of piperidine rings is 1. The van der Waals surface area contributed by atoms with E-state index in [4.69, 9.17) is 5.11 Å². The van der Waals surface area contributed by atoms with Crippen molar-refractivity contribution >= 4 is 12.0 Å². The lowest BCUT2D eigenvalue weighted by molar-refractivity contribution is -0.155. The zero-order valence-electron chi connectivity index (χ0n) is 10.8. The number of hydrogen-bond acceptors (Lipinski definition) is 4. The molecule has 1 saturated heterocycles. The highest BCUT2D eigenvalue weighted by Gasteiger charge is 2.30. The van der Waals surface area contributed by atoms with Crippen LogP contribution in [-0.2, 0) is 4.79 Å². The number of carboxylic acids is 1. The van der Waals surface area contributed by atoms with E-state index in [1.165, 1.54) is 0 Å². The molecule has 0 aromatic rings. The molecule has 18 heavy (non-hydrogen) atoms. The monoisotopic (exact) mass is 259 g/mol. The van der Waals surface area contributed by atoms with Crippen LogP contribution in [0.3, 0.4) is 0 Å². The molecule has 4 N–H and O–H groups in total. The van der Waals surface area contributed by atoms with E-state index in [-0.39, 0.29) is 12.6 Å². The standard InChI is InChI=1S/C11H21N3O4/c1-11(18,9(15)16)7-12-10(17)13-8-3-5-14(2)6-4-8/h8,18H,3-7H2,1-2H3,(H,15,16)(H2,12,13,17). The lowest BCUT2D eigenvalue weighted by Gasteiger charge is -2.29. The number of aliphatic carboxylic acids is 1. The molecule has 1 rings (SSSR count). The Kier molecular flexibility index (Phi) is 4.92. The van der Waals surface area contributed by atoms with E-state index in [0.717, 1.165) is 32.9 Å². The first-order valence-corrected chi connectivity index (χ1v) is 6.00. The maximum absolute atomic E-state index is 11.5. The van der Waals surface area contributed by atoms with E-state index in [1.807, 2.05) is 7.05 Å². The first-order chi connectivity index (χ1) is 8.31. The number of rotatable bonds is 4. The highest BCUT2D eigenvalue weighted by molar-refractivity contribution is 5.79. The van der Waals surface area contributed by atoms with Gasteiger partial charge in [0, 0.05) is 6.04 Å². The number of nitrogens with one attached hydrogen (secondary N) is 2. The second-order valence-corrected chi connectivity index (χ2v) is 4.98. The Labute approximate surface area is 106 Å². The Morgan fingerprint density at radius 1 is 1.39 bits per heavy atom. The Balaban J connectivity index is 2.28. The Bertz CT molecular complexity index is 311. The van der Waals surface area contributed by atoms with Crippen molar-refractivity contribution in [2.75, 3.05) is 26.7 Å². The zero-order chi connectivity index (χ0) is 13.8. The maximum atomic E-state index is 11.5. The Morgan fingerprint density at radius 3 is 2.44 bits per heavy atom. The van der Waals surface area contributed by atoms with Gasteiger partial charge in [0.25, 0.3) is 0 Å². The van der Waals surface area contributed by atoms with Gasteiger partial charge in [-0.2, -0.15) is 0 Å². The van der Waals surface area contributed by atoms with Crippen LogP contribution in [-0.4, -0.2) is 65.4 Å². The molecule has 0 aliphatic carbocycles. The predicted octanol–water partition coefficient (Wildman–Crippen LogP) is -0.785. The van der Waals surface area contributed by atoms with E-state index in [9.17, 15) is 14.7 Å². The van der Waals surface area contributed by atoms with Gasteiger partial charge in [-0.05, 0) is 39.9 Å². The van der Waals surface area contributed by atoms with Gasteiger partial charge in [0.2, 0.25) is 0 Å². The fraction of sp³-hybridized carbons (Fsp3) is 0.818. The van der Waals surface area contributed by atoms with Crippen LogP contribution in [0.1, 0.15) is 19.8 Å². The van der Waals surface area contributed by atoms with Crippen LogP contribution in [0.4, 0.5) is 4.79 Å². The van der Waals surface area contributed by atoms with Crippen LogP contribution in [0.15, 0.2) is 0 Å². The van der Waals surface area contributed by atoms with Gasteiger partial charge in [-0.25, -0.2) is 9.59 Å². The molecular formula is C11H21N3O4. The molecule has 1 unspecified atom stereocenters. The average molecular weight is 259 g/mol. The molecule has 0 aromatic carbocycles. The fourth-order valence-electron chi connectivity index (χ4n) is 1.72. The second-order valence-electron chi connectivity index (χ2n) is 4.98. The summed E-state index contributed by atoms with van der Waals surface area (Å²) in [5.74, 6) is -1.36. The second kappa shape index (κ2) is 6.01. The third-order valence-corrected chi connectivity index (χ3v) is 3.11. The van der Waals surface area contributed by atoms with E-state index in [1.54, 1.807) is 0 Å². The lowest BCUT2D eigenvalue weighted by Crippen LogP contribution is -2.52. The minimum absolute atomic E-state index is 0.107. The summed E-state index contributed by atoms with van der Waals surface area (Å²) in [7, 11) is 2.03. The Hall–Kier alpha value is -1.34. The highest BCUT2D eigenvalue weighted by Crippen LogP contribution is 2.08. The summed E-state index contributed by atoms with van der Waals surface area (Å²) in [6.07, 6.45) is 1.75. The van der Waals surface area contributed by atoms with Crippen molar-refractivity contribution in [2.24, 2.45) is 0 Å². The number of urea groups is 1. The highest BCUT2D eigenvalue weighted by atomic mass is 16.4. The number of aliphatic hydroxyl groups is 1. The molecule has 1 aliphatic rings. The third-order valence-electron chi connectivity index (χ3n) is 3.11. The fourth-order valence-corrected chi connectivity index (χ4v) is 1.72. The third kappa shape index (κ3) is 4.50. The van der Waals surface area contributed by atoms with Crippen molar-refractivity contribution in [1.29, 1.82) is 0 Å². The summed E-state index contributed by atoms with van der Waals surface area (Å²) in [6.45, 7) is 2.68. The normalized spacial score (nSPS) is 21.1. The summed E-state index contributed by atoms with van der Waals surface area (Å²) in [5.41, 5.74) is -1.94. The predicted molar refractivity (Wildman–Crippen MR) is 65.3 cm³/mol. The minimum atomic E-state index is -1.94. The van der Waals surface area contributed by atoms with Gasteiger partial charge < -0.3 is 25.7 Å². The van der Waals surface area contributed by atoms with Crippen molar-refractivity contribution in [2.45, 2.75) is 31.4 Å². The summed E-state index contributed by atoms with van der Waals surface area (Å²) < 4.78 is 0. The zero-order valence-corrected chi connectivity index (χ0v) is 10.8.